The zero-order valence-electron chi connectivity index (χ0n) is 7.12. The molecule has 1 aromatic rings. The first-order valence-corrected chi connectivity index (χ1v) is 3.97. The second kappa shape index (κ2) is 4.58. The Kier molecular flexibility index (Phi) is 3.37. The van der Waals surface area contributed by atoms with Crippen molar-refractivity contribution >= 4 is 0 Å². The van der Waals surface area contributed by atoms with Crippen LogP contribution < -0.4 is 0 Å². The largest absolute Gasteiger partial charge is 0.380 e. The van der Waals surface area contributed by atoms with Crippen LogP contribution in [0.3, 0.4) is 0 Å². The molecule has 0 aliphatic rings. The molecule has 1 nitrogen and oxygen atoms in total. The van der Waals surface area contributed by atoms with Gasteiger partial charge in [0, 0.05) is 6.42 Å². The van der Waals surface area contributed by atoms with Crippen molar-refractivity contribution in [1.82, 2.24) is 0 Å². The van der Waals surface area contributed by atoms with Gasteiger partial charge in [0.2, 0.25) is 0 Å². The number of rotatable bonds is 2. The predicted molar refractivity (Wildman–Crippen MR) is 49.6 cm³/mol. The molecule has 0 spiro atoms. The Morgan fingerprint density at radius 1 is 1.33 bits per heavy atom. The van der Waals surface area contributed by atoms with E-state index in [1.807, 2.05) is 30.3 Å². The first-order chi connectivity index (χ1) is 5.83. The monoisotopic (exact) mass is 160 g/mol. The van der Waals surface area contributed by atoms with E-state index < -0.39 is 6.10 Å². The highest BCUT2D eigenvalue weighted by Crippen LogP contribution is 2.01. The molecule has 1 atom stereocenters. The minimum atomic E-state index is -0.530. The van der Waals surface area contributed by atoms with Gasteiger partial charge >= 0.3 is 0 Å². The van der Waals surface area contributed by atoms with Crippen molar-refractivity contribution in [1.29, 1.82) is 0 Å². The van der Waals surface area contributed by atoms with Crippen molar-refractivity contribution in [2.24, 2.45) is 0 Å². The van der Waals surface area contributed by atoms with Gasteiger partial charge in [-0.3, -0.25) is 0 Å². The first kappa shape index (κ1) is 8.83. The number of benzene rings is 1. The fourth-order valence-electron chi connectivity index (χ4n) is 1.05. The van der Waals surface area contributed by atoms with Crippen molar-refractivity contribution in [3.05, 3.63) is 35.9 Å². The molecule has 1 rings (SSSR count). The Labute approximate surface area is 73.0 Å². The van der Waals surface area contributed by atoms with Gasteiger partial charge in [0.1, 0.15) is 6.10 Å². The summed E-state index contributed by atoms with van der Waals surface area (Å²) in [6, 6.07) is 9.85. The van der Waals surface area contributed by atoms with E-state index in [4.69, 9.17) is 0 Å². The molecule has 12 heavy (non-hydrogen) atoms. The fourth-order valence-corrected chi connectivity index (χ4v) is 1.05. The SMILES string of the molecule is CC#C[C@@H](O)Cc1ccccc1. The Hall–Kier alpha value is -1.26. The van der Waals surface area contributed by atoms with Crippen molar-refractivity contribution < 1.29 is 5.11 Å². The van der Waals surface area contributed by atoms with Crippen LogP contribution in [-0.4, -0.2) is 11.2 Å². The van der Waals surface area contributed by atoms with Gasteiger partial charge in [-0.05, 0) is 12.5 Å². The lowest BCUT2D eigenvalue weighted by Crippen LogP contribution is -2.06. The summed E-state index contributed by atoms with van der Waals surface area (Å²) in [5.41, 5.74) is 1.12. The van der Waals surface area contributed by atoms with E-state index in [0.717, 1.165) is 5.56 Å². The Morgan fingerprint density at radius 3 is 2.58 bits per heavy atom. The fraction of sp³-hybridized carbons (Fsp3) is 0.273. The third-order valence-corrected chi connectivity index (χ3v) is 1.58. The molecular weight excluding hydrogens is 148 g/mol. The van der Waals surface area contributed by atoms with Gasteiger partial charge in [0.25, 0.3) is 0 Å². The van der Waals surface area contributed by atoms with Gasteiger partial charge in [-0.2, -0.15) is 0 Å². The van der Waals surface area contributed by atoms with Gasteiger partial charge < -0.3 is 5.11 Å². The van der Waals surface area contributed by atoms with Crippen LogP contribution in [0.15, 0.2) is 30.3 Å². The topological polar surface area (TPSA) is 20.2 Å². The smallest absolute Gasteiger partial charge is 0.118 e. The molecule has 0 saturated heterocycles. The summed E-state index contributed by atoms with van der Waals surface area (Å²) in [4.78, 5) is 0. The van der Waals surface area contributed by atoms with Crippen LogP contribution in [-0.2, 0) is 6.42 Å². The van der Waals surface area contributed by atoms with Crippen LogP contribution in [0.1, 0.15) is 12.5 Å². The van der Waals surface area contributed by atoms with Crippen molar-refractivity contribution in [3.63, 3.8) is 0 Å². The standard InChI is InChI=1S/C11H12O/c1-2-6-11(12)9-10-7-4-3-5-8-10/h3-5,7-8,11-12H,9H2,1H3/t11-/m1/s1. The summed E-state index contributed by atoms with van der Waals surface area (Å²) in [6.07, 6.45) is 0.0826. The zero-order valence-corrected chi connectivity index (χ0v) is 7.12. The third-order valence-electron chi connectivity index (χ3n) is 1.58. The maximum atomic E-state index is 9.33. The van der Waals surface area contributed by atoms with E-state index in [-0.39, 0.29) is 0 Å². The van der Waals surface area contributed by atoms with Crippen LogP contribution in [0, 0.1) is 11.8 Å². The molecule has 0 aromatic heterocycles. The molecule has 0 heterocycles. The summed E-state index contributed by atoms with van der Waals surface area (Å²) in [7, 11) is 0. The lowest BCUT2D eigenvalue weighted by atomic mass is 10.1. The minimum Gasteiger partial charge on any atom is -0.380 e. The van der Waals surface area contributed by atoms with E-state index in [0.29, 0.717) is 6.42 Å². The van der Waals surface area contributed by atoms with Crippen LogP contribution in [0.5, 0.6) is 0 Å². The Bertz CT molecular complexity index is 279. The van der Waals surface area contributed by atoms with Gasteiger partial charge in [0.05, 0.1) is 0 Å². The predicted octanol–water partition coefficient (Wildman–Crippen LogP) is 1.61. The van der Waals surface area contributed by atoms with E-state index >= 15 is 0 Å². The average Bonchev–Trinajstić information content (AvgIpc) is 2.06. The molecule has 0 aliphatic heterocycles. The molecule has 1 N–H and O–H groups in total. The van der Waals surface area contributed by atoms with Crippen molar-refractivity contribution in [2.45, 2.75) is 19.4 Å². The van der Waals surface area contributed by atoms with Crippen LogP contribution >= 0.6 is 0 Å². The minimum absolute atomic E-state index is 0.530. The van der Waals surface area contributed by atoms with Crippen LogP contribution in [0.2, 0.25) is 0 Å². The molecule has 1 heteroatoms. The molecule has 0 amide bonds. The third kappa shape index (κ3) is 2.77. The Morgan fingerprint density at radius 2 is 2.00 bits per heavy atom. The number of hydrogen-bond acceptors (Lipinski definition) is 1. The average molecular weight is 160 g/mol. The normalized spacial score (nSPS) is 11.5. The second-order valence-electron chi connectivity index (χ2n) is 2.60. The van der Waals surface area contributed by atoms with Gasteiger partial charge in [0.15, 0.2) is 0 Å². The highest BCUT2D eigenvalue weighted by atomic mass is 16.3. The van der Waals surface area contributed by atoms with E-state index in [2.05, 4.69) is 11.8 Å². The number of aliphatic hydroxyl groups excluding tert-OH is 1. The summed E-state index contributed by atoms with van der Waals surface area (Å²) in [5.74, 6) is 5.39. The molecule has 0 bridgehead atoms. The molecule has 0 radical (unpaired) electrons. The number of aliphatic hydroxyl groups is 1. The lowest BCUT2D eigenvalue weighted by molar-refractivity contribution is 0.233. The molecule has 0 unspecified atom stereocenters. The second-order valence-corrected chi connectivity index (χ2v) is 2.60. The molecule has 0 fully saturated rings. The van der Waals surface area contributed by atoms with Crippen molar-refractivity contribution in [2.75, 3.05) is 0 Å². The van der Waals surface area contributed by atoms with Gasteiger partial charge in [-0.15, -0.1) is 5.92 Å². The van der Waals surface area contributed by atoms with E-state index in [1.165, 1.54) is 0 Å². The maximum absolute atomic E-state index is 9.33. The summed E-state index contributed by atoms with van der Waals surface area (Å²) in [5, 5.41) is 9.33. The molecule has 0 aliphatic carbocycles. The van der Waals surface area contributed by atoms with Crippen molar-refractivity contribution in [3.8, 4) is 11.8 Å². The summed E-state index contributed by atoms with van der Waals surface area (Å²) < 4.78 is 0. The quantitative estimate of drug-likeness (QED) is 0.652. The summed E-state index contributed by atoms with van der Waals surface area (Å²) in [6.45, 7) is 1.73. The highest BCUT2D eigenvalue weighted by Gasteiger charge is 1.99. The molecule has 62 valence electrons. The summed E-state index contributed by atoms with van der Waals surface area (Å²) >= 11 is 0. The zero-order chi connectivity index (χ0) is 8.81. The number of hydrogen-bond donors (Lipinski definition) is 1. The highest BCUT2D eigenvalue weighted by molar-refractivity contribution is 5.18. The van der Waals surface area contributed by atoms with E-state index in [9.17, 15) is 5.11 Å². The molecule has 1 aromatic carbocycles. The molecule has 0 saturated carbocycles. The van der Waals surface area contributed by atoms with Crippen LogP contribution in [0.4, 0.5) is 0 Å². The Balaban J connectivity index is 2.56. The van der Waals surface area contributed by atoms with Gasteiger partial charge in [-0.1, -0.05) is 36.3 Å². The first-order valence-electron chi connectivity index (χ1n) is 3.97. The van der Waals surface area contributed by atoms with Gasteiger partial charge in [-0.25, -0.2) is 0 Å². The molecular formula is C11H12O. The maximum Gasteiger partial charge on any atom is 0.118 e. The van der Waals surface area contributed by atoms with Crippen LogP contribution in [0.25, 0.3) is 0 Å². The lowest BCUT2D eigenvalue weighted by Gasteiger charge is -2.01. The van der Waals surface area contributed by atoms with E-state index in [1.54, 1.807) is 6.92 Å².